The highest BCUT2D eigenvalue weighted by Gasteiger charge is 2.22. The molecule has 1 N–H and O–H groups in total. The SMILES string of the molecule is CCc1c(-c2ccc(C)cc2C)nc2sc(C(=O)O)c(C)n12. The van der Waals surface area contributed by atoms with Gasteiger partial charge in [-0.1, -0.05) is 42.0 Å². The number of rotatable bonds is 3. The number of aromatic carboxylic acids is 1. The van der Waals surface area contributed by atoms with Crippen LogP contribution in [0.5, 0.6) is 0 Å². The first-order valence-electron chi connectivity index (χ1n) is 7.25. The number of carboxylic acids is 1. The molecule has 4 nitrogen and oxygen atoms in total. The van der Waals surface area contributed by atoms with Crippen molar-refractivity contribution in [3.8, 4) is 11.3 Å². The number of thiazole rings is 1. The van der Waals surface area contributed by atoms with E-state index in [4.69, 9.17) is 4.98 Å². The first-order valence-corrected chi connectivity index (χ1v) is 8.07. The number of hydrogen-bond acceptors (Lipinski definition) is 3. The van der Waals surface area contributed by atoms with E-state index in [1.807, 2.05) is 11.3 Å². The molecule has 0 bridgehead atoms. The molecule has 0 saturated heterocycles. The molecule has 114 valence electrons. The van der Waals surface area contributed by atoms with Gasteiger partial charge in [0.15, 0.2) is 4.96 Å². The molecule has 3 rings (SSSR count). The molecule has 0 fully saturated rings. The lowest BCUT2D eigenvalue weighted by Crippen LogP contribution is -2.00. The summed E-state index contributed by atoms with van der Waals surface area (Å²) in [7, 11) is 0. The molecule has 0 aliphatic rings. The largest absolute Gasteiger partial charge is 0.477 e. The van der Waals surface area contributed by atoms with Crippen LogP contribution in [-0.4, -0.2) is 20.5 Å². The zero-order valence-electron chi connectivity index (χ0n) is 13.1. The van der Waals surface area contributed by atoms with Gasteiger partial charge in [-0.2, -0.15) is 0 Å². The Morgan fingerprint density at radius 3 is 2.64 bits per heavy atom. The maximum atomic E-state index is 11.3. The van der Waals surface area contributed by atoms with Gasteiger partial charge < -0.3 is 5.11 Å². The van der Waals surface area contributed by atoms with Crippen LogP contribution in [0.2, 0.25) is 0 Å². The summed E-state index contributed by atoms with van der Waals surface area (Å²) in [5.41, 5.74) is 6.33. The third-order valence-corrected chi connectivity index (χ3v) is 5.10. The fourth-order valence-electron chi connectivity index (χ4n) is 2.93. The molecule has 3 aromatic rings. The quantitative estimate of drug-likeness (QED) is 0.786. The van der Waals surface area contributed by atoms with Crippen LogP contribution in [0.3, 0.4) is 0 Å². The molecular formula is C17H18N2O2S. The van der Waals surface area contributed by atoms with Gasteiger partial charge in [-0.3, -0.25) is 4.40 Å². The fourth-order valence-corrected chi connectivity index (χ4v) is 3.92. The van der Waals surface area contributed by atoms with Crippen LogP contribution >= 0.6 is 11.3 Å². The highest BCUT2D eigenvalue weighted by atomic mass is 32.1. The Kier molecular flexibility index (Phi) is 3.53. The molecule has 0 atom stereocenters. The fraction of sp³-hybridized carbons (Fsp3) is 0.294. The highest BCUT2D eigenvalue weighted by Crippen LogP contribution is 2.33. The Morgan fingerprint density at radius 1 is 1.32 bits per heavy atom. The van der Waals surface area contributed by atoms with Crippen molar-refractivity contribution in [3.63, 3.8) is 0 Å². The predicted molar refractivity (Wildman–Crippen MR) is 89.1 cm³/mol. The molecule has 0 radical (unpaired) electrons. The van der Waals surface area contributed by atoms with Crippen LogP contribution in [0.4, 0.5) is 0 Å². The topological polar surface area (TPSA) is 54.6 Å². The van der Waals surface area contributed by atoms with Crippen molar-refractivity contribution in [1.82, 2.24) is 9.38 Å². The Labute approximate surface area is 133 Å². The Balaban J connectivity index is 2.29. The van der Waals surface area contributed by atoms with E-state index < -0.39 is 5.97 Å². The van der Waals surface area contributed by atoms with E-state index in [9.17, 15) is 9.90 Å². The minimum Gasteiger partial charge on any atom is -0.477 e. The Hall–Kier alpha value is -2.14. The molecule has 2 aromatic heterocycles. The molecule has 0 amide bonds. The van der Waals surface area contributed by atoms with Gasteiger partial charge in [-0.25, -0.2) is 9.78 Å². The summed E-state index contributed by atoms with van der Waals surface area (Å²) in [6.45, 7) is 8.09. The molecular weight excluding hydrogens is 296 g/mol. The van der Waals surface area contributed by atoms with E-state index in [1.165, 1.54) is 22.5 Å². The lowest BCUT2D eigenvalue weighted by molar-refractivity contribution is 0.0701. The number of carboxylic acid groups (broad SMARTS) is 1. The summed E-state index contributed by atoms with van der Waals surface area (Å²) in [6, 6.07) is 6.34. The standard InChI is InChI=1S/C17H18N2O2S/c1-5-13-14(12-7-6-9(2)8-10(12)3)18-17-19(13)11(4)15(22-17)16(20)21/h6-8H,5H2,1-4H3,(H,20,21). The molecule has 0 saturated carbocycles. The molecule has 0 unspecified atom stereocenters. The van der Waals surface area contributed by atoms with Crippen LogP contribution in [0.15, 0.2) is 18.2 Å². The minimum atomic E-state index is -0.886. The zero-order valence-corrected chi connectivity index (χ0v) is 13.9. The van der Waals surface area contributed by atoms with Gasteiger partial charge in [0.1, 0.15) is 4.88 Å². The van der Waals surface area contributed by atoms with Gasteiger partial charge in [0.2, 0.25) is 0 Å². The molecule has 2 heterocycles. The van der Waals surface area contributed by atoms with Gasteiger partial charge in [-0.05, 0) is 32.8 Å². The van der Waals surface area contributed by atoms with Gasteiger partial charge in [0.05, 0.1) is 11.4 Å². The van der Waals surface area contributed by atoms with Crippen molar-refractivity contribution < 1.29 is 9.90 Å². The smallest absolute Gasteiger partial charge is 0.347 e. The van der Waals surface area contributed by atoms with Crippen molar-refractivity contribution in [1.29, 1.82) is 0 Å². The summed E-state index contributed by atoms with van der Waals surface area (Å²) >= 11 is 1.24. The number of benzene rings is 1. The molecule has 0 aliphatic carbocycles. The van der Waals surface area contributed by atoms with Crippen LogP contribution in [0, 0.1) is 20.8 Å². The number of aryl methyl sites for hydroxylation is 4. The average Bonchev–Trinajstić information content (AvgIpc) is 2.96. The van der Waals surface area contributed by atoms with Crippen molar-refractivity contribution >= 4 is 22.3 Å². The van der Waals surface area contributed by atoms with Gasteiger partial charge in [-0.15, -0.1) is 0 Å². The van der Waals surface area contributed by atoms with E-state index in [2.05, 4.69) is 39.0 Å². The first-order chi connectivity index (χ1) is 10.4. The zero-order chi connectivity index (χ0) is 16.0. The van der Waals surface area contributed by atoms with E-state index in [-0.39, 0.29) is 0 Å². The highest BCUT2D eigenvalue weighted by molar-refractivity contribution is 7.19. The third kappa shape index (κ3) is 2.13. The summed E-state index contributed by atoms with van der Waals surface area (Å²) in [6.07, 6.45) is 0.806. The van der Waals surface area contributed by atoms with E-state index in [1.54, 1.807) is 0 Å². The predicted octanol–water partition coefficient (Wildman–Crippen LogP) is 4.25. The second-order valence-corrected chi connectivity index (χ2v) is 6.50. The van der Waals surface area contributed by atoms with Crippen LogP contribution in [-0.2, 0) is 6.42 Å². The second-order valence-electron chi connectivity index (χ2n) is 5.52. The van der Waals surface area contributed by atoms with Crippen LogP contribution < -0.4 is 0 Å². The number of imidazole rings is 1. The van der Waals surface area contributed by atoms with Gasteiger partial charge in [0.25, 0.3) is 0 Å². The summed E-state index contributed by atoms with van der Waals surface area (Å²) in [4.78, 5) is 17.1. The average molecular weight is 314 g/mol. The lowest BCUT2D eigenvalue weighted by atomic mass is 10.0. The number of fused-ring (bicyclic) bond motifs is 1. The van der Waals surface area contributed by atoms with Crippen molar-refractivity contribution in [2.45, 2.75) is 34.1 Å². The molecule has 0 aliphatic heterocycles. The number of hydrogen-bond donors (Lipinski definition) is 1. The summed E-state index contributed by atoms with van der Waals surface area (Å²) in [5, 5.41) is 9.28. The van der Waals surface area contributed by atoms with Gasteiger partial charge >= 0.3 is 5.97 Å². The van der Waals surface area contributed by atoms with Crippen LogP contribution in [0.1, 0.15) is 39.1 Å². The maximum Gasteiger partial charge on any atom is 0.347 e. The molecule has 1 aromatic carbocycles. The Morgan fingerprint density at radius 2 is 2.05 bits per heavy atom. The second kappa shape index (κ2) is 5.25. The number of carbonyl (C=O) groups is 1. The Bertz CT molecular complexity index is 890. The number of nitrogens with zero attached hydrogens (tertiary/aromatic N) is 2. The van der Waals surface area contributed by atoms with E-state index in [0.717, 1.165) is 34.0 Å². The van der Waals surface area contributed by atoms with Crippen molar-refractivity contribution in [3.05, 3.63) is 45.6 Å². The minimum absolute atomic E-state index is 0.365. The summed E-state index contributed by atoms with van der Waals surface area (Å²) in [5.74, 6) is -0.886. The maximum absolute atomic E-state index is 11.3. The third-order valence-electron chi connectivity index (χ3n) is 3.97. The number of aromatic nitrogens is 2. The normalized spacial score (nSPS) is 11.3. The monoisotopic (exact) mass is 314 g/mol. The lowest BCUT2D eigenvalue weighted by Gasteiger charge is -2.07. The molecule has 5 heteroatoms. The molecule has 22 heavy (non-hydrogen) atoms. The first kappa shape index (κ1) is 14.8. The van der Waals surface area contributed by atoms with Gasteiger partial charge in [0, 0.05) is 11.3 Å². The van der Waals surface area contributed by atoms with E-state index >= 15 is 0 Å². The van der Waals surface area contributed by atoms with Crippen molar-refractivity contribution in [2.24, 2.45) is 0 Å². The summed E-state index contributed by atoms with van der Waals surface area (Å²) < 4.78 is 1.99. The van der Waals surface area contributed by atoms with Crippen molar-refractivity contribution in [2.75, 3.05) is 0 Å². The van der Waals surface area contributed by atoms with E-state index in [0.29, 0.717) is 4.88 Å². The molecule has 0 spiro atoms. The van der Waals surface area contributed by atoms with Crippen LogP contribution in [0.25, 0.3) is 16.2 Å².